The SMILES string of the molecule is O=C(NC[C@@H]1CCCO[C@H]1c1ccn[nH]1)c1cccnc1C(F)(F)F. The number of nitrogens with one attached hydrogen (secondary N) is 2. The van der Waals surface area contributed by atoms with Crippen LogP contribution < -0.4 is 5.32 Å². The molecular formula is C16H17F3N4O2. The summed E-state index contributed by atoms with van der Waals surface area (Å²) in [5.41, 5.74) is -0.876. The third-order valence-corrected chi connectivity index (χ3v) is 4.12. The van der Waals surface area contributed by atoms with Crippen molar-refractivity contribution in [3.8, 4) is 0 Å². The maximum absolute atomic E-state index is 13.0. The predicted molar refractivity (Wildman–Crippen MR) is 81.6 cm³/mol. The zero-order valence-corrected chi connectivity index (χ0v) is 13.2. The van der Waals surface area contributed by atoms with E-state index in [2.05, 4.69) is 20.5 Å². The first-order valence-electron chi connectivity index (χ1n) is 7.88. The fraction of sp³-hybridized carbons (Fsp3) is 0.438. The first kappa shape index (κ1) is 17.4. The average Bonchev–Trinajstić information content (AvgIpc) is 3.13. The summed E-state index contributed by atoms with van der Waals surface area (Å²) in [6.45, 7) is 0.795. The number of aromatic nitrogens is 3. The molecule has 0 radical (unpaired) electrons. The van der Waals surface area contributed by atoms with Gasteiger partial charge in [0.15, 0.2) is 5.69 Å². The lowest BCUT2D eigenvalue weighted by molar-refractivity contribution is -0.141. The van der Waals surface area contributed by atoms with Crippen LogP contribution in [0.2, 0.25) is 0 Å². The highest BCUT2D eigenvalue weighted by molar-refractivity contribution is 5.95. The summed E-state index contributed by atoms with van der Waals surface area (Å²) < 4.78 is 44.7. The fourth-order valence-electron chi connectivity index (χ4n) is 2.95. The third kappa shape index (κ3) is 3.98. The molecule has 2 N–H and O–H groups in total. The molecule has 2 atom stereocenters. The number of carbonyl (C=O) groups excluding carboxylic acids is 1. The van der Waals surface area contributed by atoms with Crippen LogP contribution in [0.5, 0.6) is 0 Å². The van der Waals surface area contributed by atoms with E-state index in [1.54, 1.807) is 12.3 Å². The summed E-state index contributed by atoms with van der Waals surface area (Å²) in [6, 6.07) is 4.21. The van der Waals surface area contributed by atoms with Crippen molar-refractivity contribution in [3.05, 3.63) is 47.5 Å². The molecule has 0 spiro atoms. The Kier molecular flexibility index (Phi) is 5.03. The molecule has 1 aliphatic heterocycles. The number of hydrogen-bond donors (Lipinski definition) is 2. The Hall–Kier alpha value is -2.42. The predicted octanol–water partition coefficient (Wildman–Crippen LogP) is 2.72. The number of aromatic amines is 1. The number of halogens is 3. The van der Waals surface area contributed by atoms with Crippen LogP contribution in [0, 0.1) is 5.92 Å². The van der Waals surface area contributed by atoms with Crippen LogP contribution in [0.3, 0.4) is 0 Å². The highest BCUT2D eigenvalue weighted by Gasteiger charge is 2.37. The molecule has 25 heavy (non-hydrogen) atoms. The molecule has 1 amide bonds. The summed E-state index contributed by atoms with van der Waals surface area (Å²) in [5, 5.41) is 9.31. The van der Waals surface area contributed by atoms with Crippen molar-refractivity contribution in [1.29, 1.82) is 0 Å². The van der Waals surface area contributed by atoms with Crippen molar-refractivity contribution in [3.63, 3.8) is 0 Å². The molecule has 3 heterocycles. The van der Waals surface area contributed by atoms with Crippen molar-refractivity contribution in [2.75, 3.05) is 13.2 Å². The number of hydrogen-bond acceptors (Lipinski definition) is 4. The molecule has 9 heteroatoms. The summed E-state index contributed by atoms with van der Waals surface area (Å²) >= 11 is 0. The lowest BCUT2D eigenvalue weighted by Crippen LogP contribution is -2.36. The molecule has 1 saturated heterocycles. The maximum Gasteiger partial charge on any atom is 0.434 e. The van der Waals surface area contributed by atoms with Gasteiger partial charge in [-0.05, 0) is 31.0 Å². The second kappa shape index (κ2) is 7.22. The molecule has 1 aliphatic rings. The Bertz CT molecular complexity index is 718. The van der Waals surface area contributed by atoms with Crippen molar-refractivity contribution in [2.45, 2.75) is 25.1 Å². The van der Waals surface area contributed by atoms with Gasteiger partial charge in [0.25, 0.3) is 5.91 Å². The van der Waals surface area contributed by atoms with Crippen LogP contribution >= 0.6 is 0 Å². The first-order valence-corrected chi connectivity index (χ1v) is 7.88. The normalized spacial score (nSPS) is 21.1. The Labute approximate surface area is 141 Å². The number of carbonyl (C=O) groups is 1. The van der Waals surface area contributed by atoms with Crippen LogP contribution in [0.4, 0.5) is 13.2 Å². The van der Waals surface area contributed by atoms with Gasteiger partial charge >= 0.3 is 6.18 Å². The van der Waals surface area contributed by atoms with Gasteiger partial charge in [-0.3, -0.25) is 14.9 Å². The number of amides is 1. The van der Waals surface area contributed by atoms with Crippen LogP contribution in [-0.2, 0) is 10.9 Å². The standard InChI is InChI=1S/C16H17F3N4O2/c17-16(18,19)14-11(4-1-6-20-14)15(24)21-9-10-3-2-8-25-13(10)12-5-7-22-23-12/h1,4-7,10,13H,2-3,8-9H2,(H,21,24)(H,22,23)/t10-,13+/m0/s1. The van der Waals surface area contributed by atoms with Crippen molar-refractivity contribution >= 4 is 5.91 Å². The Morgan fingerprint density at radius 1 is 1.36 bits per heavy atom. The van der Waals surface area contributed by atoms with Gasteiger partial charge in [-0.15, -0.1) is 0 Å². The van der Waals surface area contributed by atoms with E-state index in [4.69, 9.17) is 4.74 Å². The van der Waals surface area contributed by atoms with Gasteiger partial charge in [0.05, 0.1) is 11.3 Å². The second-order valence-electron chi connectivity index (χ2n) is 5.81. The zero-order valence-electron chi connectivity index (χ0n) is 13.2. The first-order chi connectivity index (χ1) is 12.0. The molecule has 2 aromatic rings. The van der Waals surface area contributed by atoms with E-state index in [1.807, 2.05) is 0 Å². The number of nitrogens with zero attached hydrogens (tertiary/aromatic N) is 2. The van der Waals surface area contributed by atoms with Gasteiger partial charge in [-0.2, -0.15) is 18.3 Å². The molecule has 6 nitrogen and oxygen atoms in total. The van der Waals surface area contributed by atoms with E-state index in [0.717, 1.165) is 30.8 Å². The quantitative estimate of drug-likeness (QED) is 0.885. The molecule has 2 aromatic heterocycles. The largest absolute Gasteiger partial charge is 0.434 e. The van der Waals surface area contributed by atoms with Crippen molar-refractivity contribution in [1.82, 2.24) is 20.5 Å². The summed E-state index contributed by atoms with van der Waals surface area (Å²) in [7, 11) is 0. The highest BCUT2D eigenvalue weighted by Crippen LogP contribution is 2.33. The number of alkyl halides is 3. The molecule has 1 fully saturated rings. The van der Waals surface area contributed by atoms with Crippen LogP contribution in [0.15, 0.2) is 30.6 Å². The average molecular weight is 354 g/mol. The van der Waals surface area contributed by atoms with E-state index in [9.17, 15) is 18.0 Å². The minimum atomic E-state index is -4.68. The molecule has 134 valence electrons. The summed E-state index contributed by atoms with van der Waals surface area (Å²) in [5.74, 6) is -0.849. The van der Waals surface area contributed by atoms with Gasteiger partial charge in [0.1, 0.15) is 6.10 Å². The van der Waals surface area contributed by atoms with Gasteiger partial charge in [-0.1, -0.05) is 0 Å². The zero-order chi connectivity index (χ0) is 17.9. The third-order valence-electron chi connectivity index (χ3n) is 4.12. The monoisotopic (exact) mass is 354 g/mol. The number of H-pyrrole nitrogens is 1. The maximum atomic E-state index is 13.0. The molecule has 0 aliphatic carbocycles. The second-order valence-corrected chi connectivity index (χ2v) is 5.81. The number of pyridine rings is 1. The Morgan fingerprint density at radius 2 is 2.20 bits per heavy atom. The molecule has 0 unspecified atom stereocenters. The van der Waals surface area contributed by atoms with E-state index in [-0.39, 0.29) is 18.6 Å². The molecule has 0 saturated carbocycles. The topological polar surface area (TPSA) is 79.9 Å². The lowest BCUT2D eigenvalue weighted by atomic mass is 9.92. The van der Waals surface area contributed by atoms with Gasteiger partial charge in [0.2, 0.25) is 0 Å². The van der Waals surface area contributed by atoms with Crippen LogP contribution in [0.25, 0.3) is 0 Å². The fourth-order valence-corrected chi connectivity index (χ4v) is 2.95. The van der Waals surface area contributed by atoms with E-state index in [0.29, 0.717) is 6.61 Å². The van der Waals surface area contributed by atoms with E-state index < -0.39 is 23.3 Å². The van der Waals surface area contributed by atoms with Gasteiger partial charge in [0, 0.05) is 31.5 Å². The van der Waals surface area contributed by atoms with Crippen LogP contribution in [-0.4, -0.2) is 34.2 Å². The molecule has 0 bridgehead atoms. The lowest BCUT2D eigenvalue weighted by Gasteiger charge is -2.31. The highest BCUT2D eigenvalue weighted by atomic mass is 19.4. The molecule has 0 aromatic carbocycles. The van der Waals surface area contributed by atoms with Gasteiger partial charge < -0.3 is 10.1 Å². The Morgan fingerprint density at radius 3 is 2.92 bits per heavy atom. The van der Waals surface area contributed by atoms with Crippen LogP contribution in [0.1, 0.15) is 40.7 Å². The minimum Gasteiger partial charge on any atom is -0.372 e. The summed E-state index contributed by atoms with van der Waals surface area (Å²) in [6.07, 6.45) is -0.709. The smallest absolute Gasteiger partial charge is 0.372 e. The minimum absolute atomic E-state index is 0.0517. The van der Waals surface area contributed by atoms with E-state index in [1.165, 1.54) is 6.07 Å². The van der Waals surface area contributed by atoms with E-state index >= 15 is 0 Å². The number of ether oxygens (including phenoxy) is 1. The summed E-state index contributed by atoms with van der Waals surface area (Å²) in [4.78, 5) is 15.5. The Balaban J connectivity index is 1.70. The molecular weight excluding hydrogens is 337 g/mol. The van der Waals surface area contributed by atoms with Crippen molar-refractivity contribution < 1.29 is 22.7 Å². The number of rotatable bonds is 4. The van der Waals surface area contributed by atoms with Crippen molar-refractivity contribution in [2.24, 2.45) is 5.92 Å². The van der Waals surface area contributed by atoms with Gasteiger partial charge in [-0.25, -0.2) is 0 Å². The molecule has 3 rings (SSSR count).